The lowest BCUT2D eigenvalue weighted by Crippen LogP contribution is -2.39. The Morgan fingerprint density at radius 2 is 2.30 bits per heavy atom. The van der Waals surface area contributed by atoms with E-state index in [-0.39, 0.29) is 5.91 Å². The Morgan fingerprint density at radius 3 is 3.04 bits per heavy atom. The van der Waals surface area contributed by atoms with Crippen molar-refractivity contribution in [2.75, 3.05) is 26.7 Å². The number of rotatable bonds is 6. The Hall–Kier alpha value is -1.93. The van der Waals surface area contributed by atoms with Crippen LogP contribution in [-0.4, -0.2) is 53.3 Å². The predicted molar refractivity (Wildman–Crippen MR) is 112 cm³/mol. The molecule has 0 bridgehead atoms. The smallest absolute Gasteiger partial charge is 0.224 e. The minimum absolute atomic E-state index is 0.184. The zero-order valence-electron chi connectivity index (χ0n) is 16.2. The van der Waals surface area contributed by atoms with Gasteiger partial charge in [-0.1, -0.05) is 0 Å². The first-order chi connectivity index (χ1) is 13.1. The van der Waals surface area contributed by atoms with E-state index in [1.54, 1.807) is 22.7 Å². The monoisotopic (exact) mass is 405 g/mol. The van der Waals surface area contributed by atoms with Crippen molar-refractivity contribution in [3.8, 4) is 0 Å². The summed E-state index contributed by atoms with van der Waals surface area (Å²) in [4.78, 5) is 27.1. The minimum atomic E-state index is 0.184. The van der Waals surface area contributed by atoms with Crippen molar-refractivity contribution in [3.63, 3.8) is 0 Å². The number of amides is 1. The molecule has 0 unspecified atom stereocenters. The van der Waals surface area contributed by atoms with Crippen LogP contribution in [0.5, 0.6) is 0 Å². The first-order valence-electron chi connectivity index (χ1n) is 9.30. The summed E-state index contributed by atoms with van der Waals surface area (Å²) in [5, 5.41) is 8.56. The minimum Gasteiger partial charge on any atom is -0.357 e. The van der Waals surface area contributed by atoms with Crippen LogP contribution in [0.2, 0.25) is 0 Å². The number of fused-ring (bicyclic) bond motifs is 1. The van der Waals surface area contributed by atoms with Crippen LogP contribution in [0.1, 0.15) is 34.5 Å². The lowest BCUT2D eigenvalue weighted by atomic mass is 10.1. The second kappa shape index (κ2) is 9.32. The maximum Gasteiger partial charge on any atom is 0.224 e. The SMILES string of the molecule is CCNC(=NCCC(=O)N1CCc2sccc2C1)N(C)Cc1csc(C)n1. The summed E-state index contributed by atoms with van der Waals surface area (Å²) < 4.78 is 0. The summed E-state index contributed by atoms with van der Waals surface area (Å²) in [6.07, 6.45) is 1.42. The lowest BCUT2D eigenvalue weighted by Gasteiger charge is -2.27. The van der Waals surface area contributed by atoms with Crippen molar-refractivity contribution < 1.29 is 4.79 Å². The Bertz CT molecular complexity index is 798. The Balaban J connectivity index is 1.53. The maximum atomic E-state index is 12.6. The zero-order valence-corrected chi connectivity index (χ0v) is 17.8. The van der Waals surface area contributed by atoms with E-state index in [9.17, 15) is 4.79 Å². The van der Waals surface area contributed by atoms with Gasteiger partial charge in [0.1, 0.15) is 0 Å². The fourth-order valence-corrected chi connectivity index (χ4v) is 4.64. The standard InChI is InChI=1S/C19H27N5OS2/c1-4-20-19(23(3)12-16-13-27-14(2)22-16)21-8-5-18(25)24-9-6-17-15(11-24)7-10-26-17/h7,10,13H,4-6,8-9,11-12H2,1-3H3,(H,20,21). The van der Waals surface area contributed by atoms with Gasteiger partial charge in [-0.15, -0.1) is 22.7 Å². The molecule has 0 aliphatic carbocycles. The van der Waals surface area contributed by atoms with Gasteiger partial charge in [0.05, 0.1) is 23.8 Å². The van der Waals surface area contributed by atoms with Gasteiger partial charge in [0.25, 0.3) is 0 Å². The average Bonchev–Trinajstić information content (AvgIpc) is 3.28. The molecule has 0 saturated carbocycles. The van der Waals surface area contributed by atoms with Crippen LogP contribution in [0.15, 0.2) is 21.8 Å². The molecule has 0 spiro atoms. The number of nitrogens with zero attached hydrogens (tertiary/aromatic N) is 4. The number of thiophene rings is 1. The van der Waals surface area contributed by atoms with Gasteiger partial charge < -0.3 is 15.1 Å². The molecule has 0 fully saturated rings. The quantitative estimate of drug-likeness (QED) is 0.593. The van der Waals surface area contributed by atoms with E-state index in [1.807, 2.05) is 25.8 Å². The third-order valence-corrected chi connectivity index (χ3v) is 6.36. The van der Waals surface area contributed by atoms with Crippen molar-refractivity contribution in [3.05, 3.63) is 38.0 Å². The van der Waals surface area contributed by atoms with Gasteiger partial charge in [0.15, 0.2) is 5.96 Å². The lowest BCUT2D eigenvalue weighted by molar-refractivity contribution is -0.131. The summed E-state index contributed by atoms with van der Waals surface area (Å²) in [6, 6.07) is 2.13. The number of aromatic nitrogens is 1. The van der Waals surface area contributed by atoms with E-state index in [4.69, 9.17) is 0 Å². The van der Waals surface area contributed by atoms with Crippen LogP contribution >= 0.6 is 22.7 Å². The first kappa shape index (κ1) is 19.8. The molecule has 2 aromatic heterocycles. The van der Waals surface area contributed by atoms with Gasteiger partial charge in [0, 0.05) is 43.4 Å². The van der Waals surface area contributed by atoms with Gasteiger partial charge in [-0.05, 0) is 37.3 Å². The van der Waals surface area contributed by atoms with Crippen molar-refractivity contribution in [2.24, 2.45) is 4.99 Å². The van der Waals surface area contributed by atoms with Gasteiger partial charge in [-0.25, -0.2) is 4.98 Å². The Labute approximate surface area is 168 Å². The fraction of sp³-hybridized carbons (Fsp3) is 0.526. The number of hydrogen-bond donors (Lipinski definition) is 1. The molecule has 6 nitrogen and oxygen atoms in total. The molecular weight excluding hydrogens is 378 g/mol. The predicted octanol–water partition coefficient (Wildman–Crippen LogP) is 2.89. The topological polar surface area (TPSA) is 60.8 Å². The first-order valence-corrected chi connectivity index (χ1v) is 11.1. The molecule has 0 aromatic carbocycles. The Kier molecular flexibility index (Phi) is 6.84. The van der Waals surface area contributed by atoms with E-state index < -0.39 is 0 Å². The number of aliphatic imine (C=N–C) groups is 1. The molecule has 3 rings (SSSR count). The second-order valence-electron chi connectivity index (χ2n) is 6.63. The van der Waals surface area contributed by atoms with E-state index in [2.05, 4.69) is 37.0 Å². The van der Waals surface area contributed by atoms with Gasteiger partial charge in [0.2, 0.25) is 5.91 Å². The Morgan fingerprint density at radius 1 is 1.44 bits per heavy atom. The highest BCUT2D eigenvalue weighted by Crippen LogP contribution is 2.24. The molecule has 1 N–H and O–H groups in total. The molecule has 0 saturated heterocycles. The molecule has 0 atom stereocenters. The molecule has 1 amide bonds. The van der Waals surface area contributed by atoms with Crippen molar-refractivity contribution in [1.82, 2.24) is 20.1 Å². The van der Waals surface area contributed by atoms with Crippen LogP contribution in [0.25, 0.3) is 0 Å². The molecule has 1 aliphatic rings. The number of nitrogens with one attached hydrogen (secondary N) is 1. The maximum absolute atomic E-state index is 12.6. The van der Waals surface area contributed by atoms with E-state index in [0.717, 1.165) is 42.7 Å². The summed E-state index contributed by atoms with van der Waals surface area (Å²) in [5.41, 5.74) is 2.34. The largest absolute Gasteiger partial charge is 0.357 e. The van der Waals surface area contributed by atoms with Crippen LogP contribution in [-0.2, 0) is 24.3 Å². The van der Waals surface area contributed by atoms with Crippen LogP contribution in [0.3, 0.4) is 0 Å². The van der Waals surface area contributed by atoms with E-state index in [0.29, 0.717) is 19.5 Å². The molecule has 0 radical (unpaired) electrons. The number of thiazole rings is 1. The molecule has 1 aliphatic heterocycles. The summed E-state index contributed by atoms with van der Waals surface area (Å²) in [7, 11) is 2.00. The van der Waals surface area contributed by atoms with E-state index in [1.165, 1.54) is 10.4 Å². The zero-order chi connectivity index (χ0) is 19.2. The molecule has 8 heteroatoms. The highest BCUT2D eigenvalue weighted by Gasteiger charge is 2.21. The molecular formula is C19H27N5OS2. The van der Waals surface area contributed by atoms with Crippen molar-refractivity contribution in [1.29, 1.82) is 0 Å². The van der Waals surface area contributed by atoms with Crippen LogP contribution in [0.4, 0.5) is 0 Å². The van der Waals surface area contributed by atoms with Gasteiger partial charge in [-0.2, -0.15) is 0 Å². The van der Waals surface area contributed by atoms with Crippen molar-refractivity contribution in [2.45, 2.75) is 39.8 Å². The number of carbonyl (C=O) groups is 1. The average molecular weight is 406 g/mol. The second-order valence-corrected chi connectivity index (χ2v) is 8.70. The highest BCUT2D eigenvalue weighted by molar-refractivity contribution is 7.10. The highest BCUT2D eigenvalue weighted by atomic mass is 32.1. The normalized spacial score (nSPS) is 14.2. The van der Waals surface area contributed by atoms with Gasteiger partial charge in [-0.3, -0.25) is 9.79 Å². The number of aryl methyl sites for hydroxylation is 1. The fourth-order valence-electron chi connectivity index (χ4n) is 3.15. The van der Waals surface area contributed by atoms with Crippen LogP contribution in [0, 0.1) is 6.92 Å². The molecule has 146 valence electrons. The summed E-state index contributed by atoms with van der Waals surface area (Å²) in [5.74, 6) is 0.999. The molecule has 3 heterocycles. The summed E-state index contributed by atoms with van der Waals surface area (Å²) in [6.45, 7) is 7.61. The number of carbonyl (C=O) groups excluding carboxylic acids is 1. The molecule has 2 aromatic rings. The van der Waals surface area contributed by atoms with Crippen molar-refractivity contribution >= 4 is 34.5 Å². The third-order valence-electron chi connectivity index (χ3n) is 4.51. The molecule has 27 heavy (non-hydrogen) atoms. The van der Waals surface area contributed by atoms with Crippen LogP contribution < -0.4 is 5.32 Å². The van der Waals surface area contributed by atoms with Gasteiger partial charge >= 0.3 is 0 Å². The summed E-state index contributed by atoms with van der Waals surface area (Å²) >= 11 is 3.45. The van der Waals surface area contributed by atoms with E-state index >= 15 is 0 Å². The number of hydrogen-bond acceptors (Lipinski definition) is 5. The third kappa shape index (κ3) is 5.29. The number of guanidine groups is 1.